The highest BCUT2D eigenvalue weighted by atomic mass is 35.5. The highest BCUT2D eigenvalue weighted by Gasteiger charge is 2.40. The van der Waals surface area contributed by atoms with Gasteiger partial charge in [0.25, 0.3) is 0 Å². The summed E-state index contributed by atoms with van der Waals surface area (Å²) in [4.78, 5) is 10.9. The molecule has 2 nitrogen and oxygen atoms in total. The van der Waals surface area contributed by atoms with Crippen LogP contribution in [0, 0.1) is 18.2 Å². The van der Waals surface area contributed by atoms with Crippen molar-refractivity contribution in [2.45, 2.75) is 77.7 Å². The van der Waals surface area contributed by atoms with Crippen molar-refractivity contribution in [2.75, 3.05) is 0 Å². The molecule has 1 aromatic carbocycles. The number of amides is 1. The second-order valence-electron chi connectivity index (χ2n) is 7.44. The Bertz CT molecular complexity index is 543. The lowest BCUT2D eigenvalue weighted by Crippen LogP contribution is -2.34. The number of nitrogens with one attached hydrogen (secondary N) is 1. The number of carbonyl (C=O) groups is 1. The molecule has 134 valence electrons. The molecule has 0 heterocycles. The van der Waals surface area contributed by atoms with Gasteiger partial charge in [-0.2, -0.15) is 0 Å². The molecule has 1 unspecified atom stereocenters. The lowest BCUT2D eigenvalue weighted by molar-refractivity contribution is -0.111. The molecule has 2 saturated carbocycles. The molecule has 2 aliphatic rings. The molecule has 0 radical (unpaired) electrons. The number of aryl methyl sites for hydroxylation is 1. The number of rotatable bonds is 4. The summed E-state index contributed by atoms with van der Waals surface area (Å²) in [7, 11) is 0. The van der Waals surface area contributed by atoms with Gasteiger partial charge in [-0.1, -0.05) is 69.5 Å². The molecule has 4 heteroatoms. The van der Waals surface area contributed by atoms with Crippen molar-refractivity contribution < 1.29 is 9.18 Å². The molecular weight excluding hydrogens is 325 g/mol. The van der Waals surface area contributed by atoms with E-state index in [1.54, 1.807) is 6.07 Å². The van der Waals surface area contributed by atoms with Crippen LogP contribution in [0.15, 0.2) is 12.1 Å². The van der Waals surface area contributed by atoms with E-state index in [4.69, 9.17) is 11.6 Å². The van der Waals surface area contributed by atoms with E-state index >= 15 is 0 Å². The first kappa shape index (κ1) is 19.2. The maximum Gasteiger partial charge on any atom is 0.207 e. The van der Waals surface area contributed by atoms with Crippen LogP contribution in [0.3, 0.4) is 0 Å². The Hall–Kier alpha value is -1.09. The lowest BCUT2D eigenvalue weighted by atomic mass is 9.77. The van der Waals surface area contributed by atoms with Gasteiger partial charge in [0.2, 0.25) is 6.41 Å². The van der Waals surface area contributed by atoms with Crippen molar-refractivity contribution in [1.82, 2.24) is 5.32 Å². The van der Waals surface area contributed by atoms with Crippen molar-refractivity contribution in [3.63, 3.8) is 0 Å². The Morgan fingerprint density at radius 3 is 2.17 bits per heavy atom. The predicted octanol–water partition coefficient (Wildman–Crippen LogP) is 6.11. The molecule has 1 aromatic rings. The Morgan fingerprint density at radius 1 is 1.12 bits per heavy atom. The zero-order valence-electron chi connectivity index (χ0n) is 14.8. The molecule has 24 heavy (non-hydrogen) atoms. The highest BCUT2D eigenvalue weighted by Crippen LogP contribution is 2.49. The number of hydrogen-bond acceptors (Lipinski definition) is 1. The summed E-state index contributed by atoms with van der Waals surface area (Å²) in [6.45, 7) is 3.94. The van der Waals surface area contributed by atoms with Gasteiger partial charge in [0.1, 0.15) is 5.82 Å². The number of carbonyl (C=O) groups excluding carboxylic acids is 1. The molecule has 0 aliphatic heterocycles. The van der Waals surface area contributed by atoms with Crippen molar-refractivity contribution in [2.24, 2.45) is 5.41 Å². The predicted molar refractivity (Wildman–Crippen MR) is 97.7 cm³/mol. The number of hydrogen-bond donors (Lipinski definition) is 1. The fourth-order valence-corrected chi connectivity index (χ4v) is 4.26. The van der Waals surface area contributed by atoms with Gasteiger partial charge in [-0.15, -0.1) is 0 Å². The first-order valence-corrected chi connectivity index (χ1v) is 9.51. The molecule has 1 atom stereocenters. The summed E-state index contributed by atoms with van der Waals surface area (Å²) in [5.41, 5.74) is 1.13. The van der Waals surface area contributed by atoms with E-state index in [1.165, 1.54) is 38.2 Å². The molecule has 3 rings (SSSR count). The van der Waals surface area contributed by atoms with Gasteiger partial charge in [0.15, 0.2) is 0 Å². The van der Waals surface area contributed by atoms with Crippen LogP contribution in [0.25, 0.3) is 0 Å². The quantitative estimate of drug-likeness (QED) is 0.650. The minimum atomic E-state index is -0.361. The van der Waals surface area contributed by atoms with Gasteiger partial charge < -0.3 is 5.32 Å². The van der Waals surface area contributed by atoms with E-state index in [-0.39, 0.29) is 17.3 Å². The Morgan fingerprint density at radius 2 is 1.67 bits per heavy atom. The van der Waals surface area contributed by atoms with Crippen LogP contribution in [-0.2, 0) is 4.79 Å². The normalized spacial score (nSPS) is 20.2. The molecule has 0 spiro atoms. The summed E-state index contributed by atoms with van der Waals surface area (Å²) in [5, 5.41) is 3.21. The first-order valence-electron chi connectivity index (χ1n) is 9.14. The summed E-state index contributed by atoms with van der Waals surface area (Å²) in [5.74, 6) is -0.344. The smallest absolute Gasteiger partial charge is 0.207 e. The molecule has 2 fully saturated rings. The summed E-state index contributed by atoms with van der Waals surface area (Å²) in [6, 6.07) is 2.73. The van der Waals surface area contributed by atoms with Gasteiger partial charge in [-0.05, 0) is 36.8 Å². The van der Waals surface area contributed by atoms with E-state index in [0.29, 0.717) is 17.0 Å². The standard InChI is InChI=1S/C15H19ClFNO.C5H10/c1-10-5-6-11(17)12(13(10)16)14(18-9-19)15(2)7-3-4-8-15;1-2-4-5-3-1/h5-6,9,14H,3-4,7-8H2,1-2H3,(H,18,19);1-5H2. The van der Waals surface area contributed by atoms with Gasteiger partial charge in [0.05, 0.1) is 11.1 Å². The van der Waals surface area contributed by atoms with E-state index < -0.39 is 0 Å². The lowest BCUT2D eigenvalue weighted by Gasteiger charge is -2.35. The third-order valence-corrected chi connectivity index (χ3v) is 6.04. The molecule has 2 aliphatic carbocycles. The topological polar surface area (TPSA) is 29.1 Å². The van der Waals surface area contributed by atoms with Gasteiger partial charge in [-0.25, -0.2) is 4.39 Å². The van der Waals surface area contributed by atoms with E-state index in [1.807, 2.05) is 6.92 Å². The van der Waals surface area contributed by atoms with Crippen molar-refractivity contribution in [3.05, 3.63) is 34.1 Å². The zero-order chi connectivity index (χ0) is 17.6. The van der Waals surface area contributed by atoms with Gasteiger partial charge >= 0.3 is 0 Å². The average molecular weight is 354 g/mol. The molecule has 1 amide bonds. The maximum atomic E-state index is 14.2. The SMILES string of the molecule is C1CCCC1.Cc1ccc(F)c(C(NC=O)C2(C)CCCC2)c1Cl. The average Bonchev–Trinajstić information content (AvgIpc) is 3.26. The second kappa shape index (κ2) is 8.84. The van der Waals surface area contributed by atoms with E-state index in [9.17, 15) is 9.18 Å². The molecule has 0 aromatic heterocycles. The minimum absolute atomic E-state index is 0.126. The van der Waals surface area contributed by atoms with Crippen molar-refractivity contribution in [3.8, 4) is 0 Å². The Kier molecular flexibility index (Phi) is 7.09. The third kappa shape index (κ3) is 4.50. The number of benzene rings is 1. The largest absolute Gasteiger partial charge is 0.351 e. The monoisotopic (exact) mass is 353 g/mol. The van der Waals surface area contributed by atoms with E-state index in [2.05, 4.69) is 12.2 Å². The van der Waals surface area contributed by atoms with Crippen LogP contribution < -0.4 is 5.32 Å². The highest BCUT2D eigenvalue weighted by molar-refractivity contribution is 6.32. The Balaban J connectivity index is 0.000000355. The maximum absolute atomic E-state index is 14.2. The number of halogens is 2. The molecule has 0 bridgehead atoms. The fraction of sp³-hybridized carbons (Fsp3) is 0.650. The summed E-state index contributed by atoms with van der Waals surface area (Å²) >= 11 is 6.27. The van der Waals surface area contributed by atoms with Crippen LogP contribution in [0.5, 0.6) is 0 Å². The van der Waals surface area contributed by atoms with Gasteiger partial charge in [0, 0.05) is 5.56 Å². The fourth-order valence-electron chi connectivity index (χ4n) is 4.00. The summed E-state index contributed by atoms with van der Waals surface area (Å²) in [6.07, 6.45) is 12.3. The third-order valence-electron chi connectivity index (χ3n) is 5.54. The van der Waals surface area contributed by atoms with Crippen molar-refractivity contribution >= 4 is 18.0 Å². The van der Waals surface area contributed by atoms with E-state index in [0.717, 1.165) is 31.2 Å². The molecule has 0 saturated heterocycles. The second-order valence-corrected chi connectivity index (χ2v) is 7.82. The van der Waals surface area contributed by atoms with Gasteiger partial charge in [-0.3, -0.25) is 4.79 Å². The first-order chi connectivity index (χ1) is 11.5. The minimum Gasteiger partial charge on any atom is -0.351 e. The van der Waals surface area contributed by atoms with Crippen LogP contribution in [0.4, 0.5) is 4.39 Å². The molecular formula is C20H29ClFNO. The van der Waals surface area contributed by atoms with Crippen molar-refractivity contribution in [1.29, 1.82) is 0 Å². The van der Waals surface area contributed by atoms with Crippen LogP contribution >= 0.6 is 11.6 Å². The zero-order valence-corrected chi connectivity index (χ0v) is 15.6. The molecule has 1 N–H and O–H groups in total. The van der Waals surface area contributed by atoms with Crippen LogP contribution in [0.2, 0.25) is 5.02 Å². The van der Waals surface area contributed by atoms with Crippen LogP contribution in [0.1, 0.15) is 81.9 Å². The van der Waals surface area contributed by atoms with Crippen LogP contribution in [-0.4, -0.2) is 6.41 Å². The summed E-state index contributed by atoms with van der Waals surface area (Å²) < 4.78 is 14.2. The Labute approximate surface area is 150 Å².